The van der Waals surface area contributed by atoms with Crippen molar-refractivity contribution in [1.82, 2.24) is 9.21 Å². The first-order chi connectivity index (χ1) is 25.2. The highest BCUT2D eigenvalue weighted by Gasteiger charge is 2.58. The molecule has 0 fully saturated rings. The summed E-state index contributed by atoms with van der Waals surface area (Å²) in [6, 6.07) is 54.8. The highest BCUT2D eigenvalue weighted by atomic mass is 31.3. The molecule has 7 rings (SSSR count). The van der Waals surface area contributed by atoms with E-state index in [0.717, 1.165) is 5.56 Å². The smallest absolute Gasteiger partial charge is 0.440 e. The summed E-state index contributed by atoms with van der Waals surface area (Å²) < 4.78 is 36.3. The molecule has 3 atom stereocenters. The molecule has 258 valence electrons. The summed E-state index contributed by atoms with van der Waals surface area (Å²) in [5.41, 5.74) is 6.95. The molecule has 51 heavy (non-hydrogen) atoms. The fourth-order valence-electron chi connectivity index (χ4n) is 4.80. The molecule has 1 heterocycles. The summed E-state index contributed by atoms with van der Waals surface area (Å²) >= 11 is 0. The molecule has 0 bridgehead atoms. The molecule has 0 saturated heterocycles. The van der Waals surface area contributed by atoms with Crippen LogP contribution >= 0.6 is 24.6 Å². The third-order valence-corrected chi connectivity index (χ3v) is 14.0. The van der Waals surface area contributed by atoms with Crippen molar-refractivity contribution in [3.63, 3.8) is 0 Å². The zero-order valence-electron chi connectivity index (χ0n) is 27.4. The van der Waals surface area contributed by atoms with E-state index < -0.39 is 24.6 Å². The largest absolute Gasteiger partial charge is 0.447 e. The minimum absolute atomic E-state index is 0.416. The molecule has 0 aromatic heterocycles. The predicted octanol–water partition coefficient (Wildman–Crippen LogP) is 10.8. The van der Waals surface area contributed by atoms with Gasteiger partial charge < -0.3 is 33.5 Å². The van der Waals surface area contributed by atoms with Gasteiger partial charge in [-0.3, -0.25) is 0 Å². The van der Waals surface area contributed by atoms with Crippen LogP contribution in [0.5, 0.6) is 34.5 Å². The Bertz CT molecular complexity index is 2020. The molecule has 6 aromatic rings. The zero-order chi connectivity index (χ0) is 34.7. The maximum atomic E-state index is 7.11. The van der Waals surface area contributed by atoms with Gasteiger partial charge in [-0.05, 0) is 85.3 Å². The van der Waals surface area contributed by atoms with E-state index in [0.29, 0.717) is 47.5 Å². The van der Waals surface area contributed by atoms with Gasteiger partial charge in [0.15, 0.2) is 0 Å². The minimum atomic E-state index is -3.81. The lowest BCUT2D eigenvalue weighted by atomic mass is 10.1. The van der Waals surface area contributed by atoms with Crippen molar-refractivity contribution in [2.75, 3.05) is 6.54 Å². The molecule has 0 spiro atoms. The molecule has 1 aliphatic heterocycles. The van der Waals surface area contributed by atoms with E-state index in [9.17, 15) is 0 Å². The average molecular weight is 737 g/mol. The number of para-hydroxylation sites is 6. The van der Waals surface area contributed by atoms with Crippen molar-refractivity contribution >= 4 is 24.6 Å². The molecule has 2 N–H and O–H groups in total. The number of benzene rings is 6. The van der Waals surface area contributed by atoms with E-state index in [1.165, 1.54) is 0 Å². The van der Waals surface area contributed by atoms with Gasteiger partial charge in [0.1, 0.15) is 34.5 Å². The Morgan fingerprint density at radius 1 is 0.510 bits per heavy atom. The second-order valence-electron chi connectivity index (χ2n) is 10.9. The highest BCUT2D eigenvalue weighted by Crippen LogP contribution is 2.77. The summed E-state index contributed by atoms with van der Waals surface area (Å²) in [4.78, 5) is 13.5. The topological polar surface area (TPSA) is 100 Å². The van der Waals surface area contributed by atoms with Gasteiger partial charge in [-0.2, -0.15) is 0 Å². The van der Waals surface area contributed by atoms with E-state index in [1.54, 1.807) is 9.21 Å². The van der Waals surface area contributed by atoms with Crippen molar-refractivity contribution in [2.24, 2.45) is 10.2 Å². The van der Waals surface area contributed by atoms with Crippen LogP contribution in [-0.4, -0.2) is 15.8 Å². The van der Waals surface area contributed by atoms with Crippen molar-refractivity contribution < 1.29 is 27.8 Å². The molecule has 3 unspecified atom stereocenters. The van der Waals surface area contributed by atoms with Gasteiger partial charge in [0.2, 0.25) is 0 Å². The second kappa shape index (κ2) is 16.9. The third-order valence-electron chi connectivity index (χ3n) is 7.14. The Hall–Kier alpha value is -4.91. The molecular weight excluding hydrogens is 701 g/mol. The summed E-state index contributed by atoms with van der Waals surface area (Å²) in [6.45, 7) is 0.416. The lowest BCUT2D eigenvalue weighted by molar-refractivity contribution is 0.0545. The Morgan fingerprint density at radius 2 is 0.980 bits per heavy atom. The molecule has 6 aromatic carbocycles. The fraction of sp³-hybridized carbons (Fsp3) is 0.0526. The van der Waals surface area contributed by atoms with Crippen molar-refractivity contribution in [3.05, 3.63) is 181 Å². The molecule has 10 nitrogen and oxygen atoms in total. The van der Waals surface area contributed by atoms with Crippen LogP contribution in [0.25, 0.3) is 0 Å². The summed E-state index contributed by atoms with van der Waals surface area (Å²) in [5, 5.41) is 0. The number of hydrogen-bond donors (Lipinski definition) is 1. The number of nitrogens with zero attached hydrogens (tertiary/aromatic N) is 3. The summed E-state index contributed by atoms with van der Waals surface area (Å²) in [7, 11) is -8.03. The normalized spacial score (nSPS) is 18.9. The van der Waals surface area contributed by atoms with Crippen LogP contribution in [-0.2, 0) is 6.42 Å². The van der Waals surface area contributed by atoms with E-state index in [4.69, 9.17) is 38.0 Å². The van der Waals surface area contributed by atoms with Crippen LogP contribution in [0.3, 0.4) is 0 Å². The molecule has 0 radical (unpaired) electrons. The molecule has 13 heteroatoms. The molecule has 0 saturated carbocycles. The van der Waals surface area contributed by atoms with Gasteiger partial charge in [-0.25, -0.2) is 0 Å². The van der Waals surface area contributed by atoms with Crippen LogP contribution in [0.4, 0.5) is 0 Å². The zero-order valence-corrected chi connectivity index (χ0v) is 30.1. The van der Waals surface area contributed by atoms with Gasteiger partial charge in [-0.15, -0.1) is 4.52 Å². The summed E-state index contributed by atoms with van der Waals surface area (Å²) in [6.07, 6.45) is 0.564. The van der Waals surface area contributed by atoms with Crippen LogP contribution < -0.4 is 33.5 Å². The van der Waals surface area contributed by atoms with Crippen molar-refractivity contribution in [1.29, 1.82) is 0 Å². The molecule has 1 aliphatic rings. The molecule has 0 amide bonds. The van der Waals surface area contributed by atoms with E-state index in [1.807, 2.05) is 176 Å². The van der Waals surface area contributed by atoms with Crippen LogP contribution in [0.2, 0.25) is 0 Å². The van der Waals surface area contributed by atoms with Gasteiger partial charge in [0.25, 0.3) is 0 Å². The Labute approximate surface area is 300 Å². The Morgan fingerprint density at radius 3 is 1.55 bits per heavy atom. The monoisotopic (exact) mass is 736 g/mol. The lowest BCUT2D eigenvalue weighted by Crippen LogP contribution is -2.37. The fourth-order valence-corrected chi connectivity index (χ4v) is 12.3. The quantitative estimate of drug-likeness (QED) is 0.110. The van der Waals surface area contributed by atoms with Gasteiger partial charge in [0, 0.05) is 9.21 Å². The predicted molar refractivity (Wildman–Crippen MR) is 202 cm³/mol. The van der Waals surface area contributed by atoms with E-state index >= 15 is 0 Å². The lowest BCUT2D eigenvalue weighted by Gasteiger charge is -2.43. The summed E-state index contributed by atoms with van der Waals surface area (Å²) in [5.74, 6) is 3.23. The third kappa shape index (κ3) is 8.70. The number of nitrogens with two attached hydrogens (primary N) is 1. The molecular formula is C38H35N4O6P3. The first kappa shape index (κ1) is 34.5. The Kier molecular flexibility index (Phi) is 11.4. The highest BCUT2D eigenvalue weighted by molar-refractivity contribution is 7.78. The van der Waals surface area contributed by atoms with Crippen LogP contribution in [0.1, 0.15) is 5.56 Å². The number of rotatable bonds is 14. The van der Waals surface area contributed by atoms with Gasteiger partial charge >= 0.3 is 24.6 Å². The van der Waals surface area contributed by atoms with Gasteiger partial charge in [0.05, 0.1) is 0 Å². The standard InChI is InChI=1S/C38H35N4O6P3/c39-31-30-32-18-16-17-29-38(32)48-51(47-37-27-14-5-15-28-37)40-49(45-35-23-10-3-11-24-35)41(43-33-19-6-1-7-20-33)50(46-36-25-12-4-13-26-36)42(51)44-34-21-8-2-9-22-34/h1-29H,30-31,39H2. The van der Waals surface area contributed by atoms with Gasteiger partial charge in [-0.1, -0.05) is 109 Å². The maximum absolute atomic E-state index is 7.11. The van der Waals surface area contributed by atoms with E-state index in [2.05, 4.69) is 0 Å². The number of hydrogen-bond acceptors (Lipinski definition) is 10. The van der Waals surface area contributed by atoms with Crippen molar-refractivity contribution in [2.45, 2.75) is 6.42 Å². The first-order valence-corrected chi connectivity index (χ1v) is 20.0. The van der Waals surface area contributed by atoms with E-state index in [-0.39, 0.29) is 0 Å². The minimum Gasteiger partial charge on any atom is -0.440 e. The molecule has 0 aliphatic carbocycles. The maximum Gasteiger partial charge on any atom is 0.447 e. The second-order valence-corrected chi connectivity index (χ2v) is 16.4. The van der Waals surface area contributed by atoms with Crippen LogP contribution in [0, 0.1) is 0 Å². The van der Waals surface area contributed by atoms with Crippen molar-refractivity contribution in [3.8, 4) is 34.5 Å². The van der Waals surface area contributed by atoms with Crippen LogP contribution in [0.15, 0.2) is 180 Å². The Balaban J connectivity index is 1.48. The SMILES string of the molecule is NCCc1ccccc1OP1(Oc2ccccc2)=NP(Oc2ccccc2)N(Oc2ccccc2)P(Oc2ccccc2)N1Oc1ccccc1. The first-order valence-electron chi connectivity index (χ1n) is 16.2. The average Bonchev–Trinajstić information content (AvgIpc) is 3.17.